The number of phenols is 1. The van der Waals surface area contributed by atoms with E-state index in [0.29, 0.717) is 5.92 Å². The van der Waals surface area contributed by atoms with Crippen LogP contribution in [-0.2, 0) is 6.42 Å². The minimum Gasteiger partial charge on any atom is -0.508 e. The number of hydrogen-bond donors (Lipinski definition) is 2. The van der Waals surface area contributed by atoms with Gasteiger partial charge in [0.25, 0.3) is 0 Å². The van der Waals surface area contributed by atoms with Crippen molar-refractivity contribution in [2.24, 2.45) is 5.92 Å². The van der Waals surface area contributed by atoms with Crippen LogP contribution in [0, 0.1) is 5.92 Å². The Morgan fingerprint density at radius 2 is 1.78 bits per heavy atom. The van der Waals surface area contributed by atoms with Crippen LogP contribution in [0.15, 0.2) is 54.6 Å². The van der Waals surface area contributed by atoms with Crippen LogP contribution < -0.4 is 0 Å². The summed E-state index contributed by atoms with van der Waals surface area (Å²) in [5, 5.41) is 20.0. The van der Waals surface area contributed by atoms with Crippen LogP contribution in [0.25, 0.3) is 0 Å². The molecule has 0 radical (unpaired) electrons. The van der Waals surface area contributed by atoms with Gasteiger partial charge in [0.2, 0.25) is 0 Å². The summed E-state index contributed by atoms with van der Waals surface area (Å²) >= 11 is 0. The Balaban J connectivity index is 1.58. The van der Waals surface area contributed by atoms with E-state index in [0.717, 1.165) is 25.1 Å². The predicted octanol–water partition coefficient (Wildman–Crippen LogP) is 3.38. The molecule has 0 saturated carbocycles. The number of aromatic hydroxyl groups is 1. The molecule has 3 atom stereocenters. The van der Waals surface area contributed by atoms with Gasteiger partial charge in [0, 0.05) is 12.6 Å². The lowest BCUT2D eigenvalue weighted by Crippen LogP contribution is -2.36. The van der Waals surface area contributed by atoms with E-state index in [2.05, 4.69) is 42.2 Å². The van der Waals surface area contributed by atoms with Crippen LogP contribution in [0.2, 0.25) is 0 Å². The molecule has 0 amide bonds. The average molecular weight is 311 g/mol. The Kier molecular flexibility index (Phi) is 4.99. The molecule has 0 bridgehead atoms. The molecule has 1 fully saturated rings. The Bertz CT molecular complexity index is 611. The lowest BCUT2D eigenvalue weighted by Gasteiger charge is -2.29. The predicted molar refractivity (Wildman–Crippen MR) is 92.4 cm³/mol. The van der Waals surface area contributed by atoms with Gasteiger partial charge in [0.1, 0.15) is 5.75 Å². The van der Waals surface area contributed by atoms with Gasteiger partial charge in [-0.1, -0.05) is 42.5 Å². The third-order valence-electron chi connectivity index (χ3n) is 4.95. The number of hydrogen-bond acceptors (Lipinski definition) is 3. The first kappa shape index (κ1) is 16.0. The minimum absolute atomic E-state index is 0.0836. The number of phenolic OH excluding ortho intramolecular Hbond substituents is 1. The van der Waals surface area contributed by atoms with Crippen LogP contribution in [0.3, 0.4) is 0 Å². The lowest BCUT2D eigenvalue weighted by molar-refractivity contribution is 0.0694. The first-order valence-corrected chi connectivity index (χ1v) is 8.38. The first-order valence-electron chi connectivity index (χ1n) is 8.38. The van der Waals surface area contributed by atoms with Crippen LogP contribution in [0.1, 0.15) is 30.6 Å². The second kappa shape index (κ2) is 7.16. The molecule has 2 aromatic carbocycles. The zero-order valence-electron chi connectivity index (χ0n) is 13.6. The summed E-state index contributed by atoms with van der Waals surface area (Å²) in [5.74, 6) is 0.893. The summed E-state index contributed by atoms with van der Waals surface area (Å²) < 4.78 is 0. The highest BCUT2D eigenvalue weighted by Crippen LogP contribution is 2.28. The van der Waals surface area contributed by atoms with Gasteiger partial charge in [-0.25, -0.2) is 0 Å². The van der Waals surface area contributed by atoms with Gasteiger partial charge in [-0.15, -0.1) is 0 Å². The van der Waals surface area contributed by atoms with Crippen molar-refractivity contribution < 1.29 is 10.2 Å². The highest BCUT2D eigenvalue weighted by atomic mass is 16.3. The smallest absolute Gasteiger partial charge is 0.115 e. The molecule has 1 aliphatic rings. The Morgan fingerprint density at radius 1 is 1.09 bits per heavy atom. The molecule has 1 saturated heterocycles. The van der Waals surface area contributed by atoms with Crippen LogP contribution in [0.5, 0.6) is 5.75 Å². The van der Waals surface area contributed by atoms with Crippen molar-refractivity contribution in [3.8, 4) is 5.75 Å². The van der Waals surface area contributed by atoms with Gasteiger partial charge in [-0.3, -0.25) is 4.90 Å². The molecule has 0 aliphatic carbocycles. The highest BCUT2D eigenvalue weighted by molar-refractivity contribution is 5.28. The fourth-order valence-electron chi connectivity index (χ4n) is 3.50. The zero-order valence-corrected chi connectivity index (χ0v) is 13.6. The van der Waals surface area contributed by atoms with Crippen molar-refractivity contribution in [2.75, 3.05) is 13.1 Å². The van der Waals surface area contributed by atoms with Gasteiger partial charge >= 0.3 is 0 Å². The van der Waals surface area contributed by atoms with Crippen molar-refractivity contribution >= 4 is 0 Å². The highest BCUT2D eigenvalue weighted by Gasteiger charge is 2.30. The fraction of sp³-hybridized carbons (Fsp3) is 0.400. The molecular formula is C20H25NO2. The van der Waals surface area contributed by atoms with Crippen LogP contribution in [-0.4, -0.2) is 34.2 Å². The van der Waals surface area contributed by atoms with E-state index in [1.807, 2.05) is 0 Å². The normalized spacial score (nSPS) is 21.2. The van der Waals surface area contributed by atoms with E-state index in [1.54, 1.807) is 24.3 Å². The van der Waals surface area contributed by atoms with Crippen molar-refractivity contribution in [2.45, 2.75) is 31.9 Å². The third kappa shape index (κ3) is 3.92. The molecular weight excluding hydrogens is 286 g/mol. The summed E-state index contributed by atoms with van der Waals surface area (Å²) in [5.41, 5.74) is 2.26. The molecule has 3 unspecified atom stereocenters. The van der Waals surface area contributed by atoms with Crippen LogP contribution >= 0.6 is 0 Å². The lowest BCUT2D eigenvalue weighted by atomic mass is 9.98. The Labute approximate surface area is 138 Å². The summed E-state index contributed by atoms with van der Waals surface area (Å²) in [7, 11) is 0. The average Bonchev–Trinajstić information content (AvgIpc) is 3.03. The molecule has 3 heteroatoms. The Morgan fingerprint density at radius 3 is 2.48 bits per heavy atom. The second-order valence-corrected chi connectivity index (χ2v) is 6.62. The minimum atomic E-state index is -0.522. The van der Waals surface area contributed by atoms with E-state index in [1.165, 1.54) is 12.0 Å². The summed E-state index contributed by atoms with van der Waals surface area (Å²) in [6.07, 6.45) is 1.77. The number of benzene rings is 2. The second-order valence-electron chi connectivity index (χ2n) is 6.62. The summed E-state index contributed by atoms with van der Waals surface area (Å²) in [6.45, 7) is 4.15. The van der Waals surface area contributed by atoms with Crippen molar-refractivity contribution in [1.82, 2.24) is 4.90 Å². The summed E-state index contributed by atoms with van der Waals surface area (Å²) in [6, 6.07) is 17.6. The quantitative estimate of drug-likeness (QED) is 0.889. The topological polar surface area (TPSA) is 43.7 Å². The number of aliphatic hydroxyl groups excluding tert-OH is 1. The number of nitrogens with zero attached hydrogens (tertiary/aromatic N) is 1. The summed E-state index contributed by atoms with van der Waals surface area (Å²) in [4.78, 5) is 2.38. The Hall–Kier alpha value is -1.84. The third-order valence-corrected chi connectivity index (χ3v) is 4.95. The van der Waals surface area contributed by atoms with Crippen molar-refractivity contribution in [3.05, 3.63) is 65.7 Å². The monoisotopic (exact) mass is 311 g/mol. The molecule has 1 aliphatic heterocycles. The maximum atomic E-state index is 10.6. The molecule has 0 spiro atoms. The van der Waals surface area contributed by atoms with E-state index >= 15 is 0 Å². The molecule has 2 N–H and O–H groups in total. The van der Waals surface area contributed by atoms with E-state index in [4.69, 9.17) is 0 Å². The van der Waals surface area contributed by atoms with Crippen LogP contribution in [0.4, 0.5) is 0 Å². The van der Waals surface area contributed by atoms with E-state index < -0.39 is 6.10 Å². The molecule has 1 heterocycles. The largest absolute Gasteiger partial charge is 0.508 e. The van der Waals surface area contributed by atoms with Gasteiger partial charge in [-0.2, -0.15) is 0 Å². The number of rotatable bonds is 5. The maximum Gasteiger partial charge on any atom is 0.115 e. The SMILES string of the molecule is CC(C(O)c1ccc(O)cc1)N1CCC(Cc2ccccc2)C1. The van der Waals surface area contributed by atoms with Crippen molar-refractivity contribution in [1.29, 1.82) is 0 Å². The zero-order chi connectivity index (χ0) is 16.2. The molecule has 0 aromatic heterocycles. The molecule has 3 rings (SSSR count). The molecule has 3 nitrogen and oxygen atoms in total. The van der Waals surface area contributed by atoms with Gasteiger partial charge < -0.3 is 10.2 Å². The maximum absolute atomic E-state index is 10.6. The fourth-order valence-corrected chi connectivity index (χ4v) is 3.50. The van der Waals surface area contributed by atoms with Crippen molar-refractivity contribution in [3.63, 3.8) is 0 Å². The number of likely N-dealkylation sites (tertiary alicyclic amines) is 1. The van der Waals surface area contributed by atoms with Gasteiger partial charge in [0.05, 0.1) is 6.10 Å². The van der Waals surface area contributed by atoms with E-state index in [-0.39, 0.29) is 11.8 Å². The molecule has 122 valence electrons. The number of aliphatic hydroxyl groups is 1. The van der Waals surface area contributed by atoms with Gasteiger partial charge in [0.15, 0.2) is 0 Å². The molecule has 2 aromatic rings. The first-order chi connectivity index (χ1) is 11.1. The molecule has 23 heavy (non-hydrogen) atoms. The standard InChI is InChI=1S/C20H25NO2/c1-15(20(23)18-7-9-19(22)10-8-18)21-12-11-17(14-21)13-16-5-3-2-4-6-16/h2-10,15,17,20,22-23H,11-14H2,1H3. The van der Waals surface area contributed by atoms with E-state index in [9.17, 15) is 10.2 Å². The van der Waals surface area contributed by atoms with Gasteiger partial charge in [-0.05, 0) is 55.5 Å².